The average molecular weight is 281 g/mol. The number of aryl methyl sites for hydroxylation is 1. The molecule has 3 heteroatoms. The molecule has 0 amide bonds. The Morgan fingerprint density at radius 1 is 1.24 bits per heavy atom. The van der Waals surface area contributed by atoms with Gasteiger partial charge in [0, 0.05) is 17.1 Å². The first-order chi connectivity index (χ1) is 10.2. The summed E-state index contributed by atoms with van der Waals surface area (Å²) in [5, 5.41) is 1.08. The molecular weight excluding hydrogens is 262 g/mol. The Bertz CT molecular complexity index is 735. The van der Waals surface area contributed by atoms with E-state index in [9.17, 15) is 0 Å². The minimum atomic E-state index is 0.312. The summed E-state index contributed by atoms with van der Waals surface area (Å²) in [5.41, 5.74) is 4.64. The Hall–Kier alpha value is -1.87. The molecule has 0 spiro atoms. The van der Waals surface area contributed by atoms with Gasteiger partial charge in [0.1, 0.15) is 5.75 Å². The molecule has 21 heavy (non-hydrogen) atoms. The Balaban J connectivity index is 1.82. The lowest BCUT2D eigenvalue weighted by Gasteiger charge is -2.21. The molecule has 2 atom stereocenters. The number of nitrogens with zero attached hydrogens (tertiary/aromatic N) is 1. The van der Waals surface area contributed by atoms with Crippen LogP contribution in [0.2, 0.25) is 0 Å². The number of hydrogen-bond acceptors (Lipinski definition) is 3. The number of fused-ring (bicyclic) bond motifs is 3. The van der Waals surface area contributed by atoms with Crippen molar-refractivity contribution in [2.75, 3.05) is 7.11 Å². The van der Waals surface area contributed by atoms with Gasteiger partial charge in [-0.1, -0.05) is 12.1 Å². The molecular formula is C18H19NO2. The number of pyridine rings is 1. The number of rotatable bonds is 2. The second-order valence-corrected chi connectivity index (χ2v) is 5.97. The number of benzene rings is 1. The largest absolute Gasteiger partial charge is 0.496 e. The monoisotopic (exact) mass is 281 g/mol. The lowest BCUT2D eigenvalue weighted by Crippen LogP contribution is -2.15. The normalized spacial score (nSPS) is 24.2. The summed E-state index contributed by atoms with van der Waals surface area (Å²) >= 11 is 0. The van der Waals surface area contributed by atoms with Crippen molar-refractivity contribution in [2.45, 2.75) is 38.4 Å². The van der Waals surface area contributed by atoms with E-state index in [0.29, 0.717) is 12.2 Å². The van der Waals surface area contributed by atoms with Crippen molar-refractivity contribution < 1.29 is 9.47 Å². The minimum absolute atomic E-state index is 0.312. The maximum atomic E-state index is 5.88. The fourth-order valence-corrected chi connectivity index (χ4v) is 3.45. The van der Waals surface area contributed by atoms with E-state index in [1.165, 1.54) is 17.6 Å². The van der Waals surface area contributed by atoms with Gasteiger partial charge in [-0.2, -0.15) is 0 Å². The summed E-state index contributed by atoms with van der Waals surface area (Å²) in [6, 6.07) is 8.47. The molecule has 0 radical (unpaired) electrons. The van der Waals surface area contributed by atoms with Gasteiger partial charge in [0.05, 0.1) is 24.8 Å². The number of aromatic nitrogens is 1. The SMILES string of the molecule is COc1cc(C)nc2ccc(C3=CC4CC[C@H](C3)O4)cc12. The molecule has 1 aromatic carbocycles. The number of ether oxygens (including phenoxy) is 2. The second kappa shape index (κ2) is 4.85. The Morgan fingerprint density at radius 3 is 2.95 bits per heavy atom. The molecule has 3 heterocycles. The lowest BCUT2D eigenvalue weighted by molar-refractivity contribution is 0.0671. The molecule has 0 saturated carbocycles. The average Bonchev–Trinajstić information content (AvgIpc) is 2.84. The van der Waals surface area contributed by atoms with Crippen LogP contribution >= 0.6 is 0 Å². The highest BCUT2D eigenvalue weighted by Gasteiger charge is 2.29. The molecule has 2 aromatic rings. The first-order valence-electron chi connectivity index (χ1n) is 7.55. The Labute approximate surface area is 124 Å². The van der Waals surface area contributed by atoms with Gasteiger partial charge in [0.2, 0.25) is 0 Å². The molecule has 0 aliphatic carbocycles. The van der Waals surface area contributed by atoms with Crippen LogP contribution in [0, 0.1) is 6.92 Å². The zero-order valence-corrected chi connectivity index (χ0v) is 12.4. The van der Waals surface area contributed by atoms with Gasteiger partial charge in [-0.15, -0.1) is 0 Å². The number of hydrogen-bond donors (Lipinski definition) is 0. The summed E-state index contributed by atoms with van der Waals surface area (Å²) in [7, 11) is 1.72. The standard InChI is InChI=1S/C18H19NO2/c1-11-7-18(20-2)16-10-12(3-6-17(16)19-11)13-8-14-4-5-15(9-13)21-14/h3,6-8,10,14-15H,4-5,9H2,1-2H3/t14?,15-/m1/s1. The van der Waals surface area contributed by atoms with Gasteiger partial charge < -0.3 is 9.47 Å². The van der Waals surface area contributed by atoms with E-state index in [0.717, 1.165) is 35.2 Å². The van der Waals surface area contributed by atoms with Crippen molar-refractivity contribution in [3.63, 3.8) is 0 Å². The van der Waals surface area contributed by atoms with Crippen LogP contribution in [0.1, 0.15) is 30.5 Å². The molecule has 108 valence electrons. The smallest absolute Gasteiger partial charge is 0.130 e. The van der Waals surface area contributed by atoms with Crippen LogP contribution in [0.4, 0.5) is 0 Å². The maximum absolute atomic E-state index is 5.88. The minimum Gasteiger partial charge on any atom is -0.496 e. The van der Waals surface area contributed by atoms with E-state index in [-0.39, 0.29) is 0 Å². The fourth-order valence-electron chi connectivity index (χ4n) is 3.45. The van der Waals surface area contributed by atoms with Gasteiger partial charge in [-0.3, -0.25) is 4.98 Å². The third kappa shape index (κ3) is 2.22. The zero-order valence-electron chi connectivity index (χ0n) is 12.4. The highest BCUT2D eigenvalue weighted by Crippen LogP contribution is 2.37. The third-order valence-corrected chi connectivity index (χ3v) is 4.46. The van der Waals surface area contributed by atoms with Crippen molar-refractivity contribution in [1.82, 2.24) is 4.98 Å². The third-order valence-electron chi connectivity index (χ3n) is 4.46. The van der Waals surface area contributed by atoms with Gasteiger partial charge in [0.15, 0.2) is 0 Å². The molecule has 1 unspecified atom stereocenters. The van der Waals surface area contributed by atoms with E-state index >= 15 is 0 Å². The highest BCUT2D eigenvalue weighted by molar-refractivity contribution is 5.89. The van der Waals surface area contributed by atoms with Gasteiger partial charge in [-0.25, -0.2) is 0 Å². The van der Waals surface area contributed by atoms with Crippen LogP contribution in [-0.4, -0.2) is 24.3 Å². The van der Waals surface area contributed by atoms with Crippen molar-refractivity contribution >= 4 is 16.5 Å². The van der Waals surface area contributed by atoms with Crippen molar-refractivity contribution in [2.24, 2.45) is 0 Å². The summed E-state index contributed by atoms with van der Waals surface area (Å²) in [5.74, 6) is 0.898. The van der Waals surface area contributed by atoms with E-state index in [1.54, 1.807) is 7.11 Å². The zero-order chi connectivity index (χ0) is 14.4. The second-order valence-electron chi connectivity index (χ2n) is 5.97. The Morgan fingerprint density at radius 2 is 2.14 bits per heavy atom. The summed E-state index contributed by atoms with van der Waals surface area (Å²) in [6.45, 7) is 1.99. The van der Waals surface area contributed by atoms with Crippen molar-refractivity contribution in [1.29, 1.82) is 0 Å². The van der Waals surface area contributed by atoms with Crippen molar-refractivity contribution in [3.05, 3.63) is 41.6 Å². The van der Waals surface area contributed by atoms with Gasteiger partial charge in [-0.05, 0) is 49.5 Å². The van der Waals surface area contributed by atoms with E-state index < -0.39 is 0 Å². The van der Waals surface area contributed by atoms with Crippen LogP contribution < -0.4 is 4.74 Å². The van der Waals surface area contributed by atoms with Crippen LogP contribution in [-0.2, 0) is 4.74 Å². The van der Waals surface area contributed by atoms with Gasteiger partial charge in [0.25, 0.3) is 0 Å². The quantitative estimate of drug-likeness (QED) is 0.837. The molecule has 0 N–H and O–H groups in total. The summed E-state index contributed by atoms with van der Waals surface area (Å²) < 4.78 is 11.4. The molecule has 4 rings (SSSR count). The predicted molar refractivity (Wildman–Crippen MR) is 83.5 cm³/mol. The molecule has 1 aromatic heterocycles. The number of methoxy groups -OCH3 is 1. The van der Waals surface area contributed by atoms with E-state index in [1.807, 2.05) is 13.0 Å². The molecule has 2 aliphatic rings. The first kappa shape index (κ1) is 12.8. The van der Waals surface area contributed by atoms with Crippen LogP contribution in [0.25, 0.3) is 16.5 Å². The molecule has 2 aliphatic heterocycles. The fraction of sp³-hybridized carbons (Fsp3) is 0.389. The Kier molecular flexibility index (Phi) is 2.96. The highest BCUT2D eigenvalue weighted by atomic mass is 16.5. The topological polar surface area (TPSA) is 31.4 Å². The molecule has 1 fully saturated rings. The lowest BCUT2D eigenvalue weighted by atomic mass is 9.96. The molecule has 3 nitrogen and oxygen atoms in total. The van der Waals surface area contributed by atoms with Crippen LogP contribution in [0.15, 0.2) is 30.3 Å². The molecule has 2 bridgehead atoms. The van der Waals surface area contributed by atoms with E-state index in [2.05, 4.69) is 29.3 Å². The molecule has 1 saturated heterocycles. The van der Waals surface area contributed by atoms with Crippen LogP contribution in [0.3, 0.4) is 0 Å². The van der Waals surface area contributed by atoms with Crippen molar-refractivity contribution in [3.8, 4) is 5.75 Å². The van der Waals surface area contributed by atoms with Gasteiger partial charge >= 0.3 is 0 Å². The summed E-state index contributed by atoms with van der Waals surface area (Å²) in [4.78, 5) is 4.59. The maximum Gasteiger partial charge on any atom is 0.130 e. The van der Waals surface area contributed by atoms with E-state index in [4.69, 9.17) is 9.47 Å². The summed E-state index contributed by atoms with van der Waals surface area (Å²) in [6.07, 6.45) is 6.37. The first-order valence-corrected chi connectivity index (χ1v) is 7.55. The van der Waals surface area contributed by atoms with Crippen LogP contribution in [0.5, 0.6) is 5.75 Å². The predicted octanol–water partition coefficient (Wildman–Crippen LogP) is 3.89.